The number of aryl methyl sites for hydroxylation is 1. The summed E-state index contributed by atoms with van der Waals surface area (Å²) >= 11 is 0. The summed E-state index contributed by atoms with van der Waals surface area (Å²) < 4.78 is 75.1. The third-order valence-corrected chi connectivity index (χ3v) is 4.24. The SMILES string of the molecule is Cc1cc(F)ccc1S(=O)(=O)NCC(=O)N(C)CC(F)(F)F. The molecule has 0 saturated heterocycles. The Balaban J connectivity index is 2.76. The van der Waals surface area contributed by atoms with Crippen molar-refractivity contribution < 1.29 is 30.8 Å². The second-order valence-corrected chi connectivity index (χ2v) is 6.33. The smallest absolute Gasteiger partial charge is 0.336 e. The highest BCUT2D eigenvalue weighted by atomic mass is 32.2. The van der Waals surface area contributed by atoms with Crippen LogP contribution in [0.25, 0.3) is 0 Å². The number of alkyl halides is 3. The number of sulfonamides is 1. The molecule has 124 valence electrons. The Hall–Kier alpha value is -1.68. The van der Waals surface area contributed by atoms with Crippen molar-refractivity contribution in [3.63, 3.8) is 0 Å². The normalized spacial score (nSPS) is 12.3. The molecule has 0 atom stereocenters. The number of carbonyl (C=O) groups is 1. The van der Waals surface area contributed by atoms with Crippen LogP contribution < -0.4 is 4.72 Å². The Labute approximate surface area is 125 Å². The van der Waals surface area contributed by atoms with E-state index in [9.17, 15) is 30.8 Å². The van der Waals surface area contributed by atoms with Gasteiger partial charge < -0.3 is 4.90 Å². The fourth-order valence-corrected chi connectivity index (χ4v) is 2.84. The Morgan fingerprint density at radius 2 is 1.91 bits per heavy atom. The molecule has 0 radical (unpaired) electrons. The van der Waals surface area contributed by atoms with Gasteiger partial charge in [-0.1, -0.05) is 0 Å². The van der Waals surface area contributed by atoms with Gasteiger partial charge in [0.05, 0.1) is 11.4 Å². The van der Waals surface area contributed by atoms with Crippen LogP contribution in [0.3, 0.4) is 0 Å². The molecule has 0 aromatic heterocycles. The van der Waals surface area contributed by atoms with Crippen molar-refractivity contribution in [1.29, 1.82) is 0 Å². The van der Waals surface area contributed by atoms with Gasteiger partial charge in [-0.25, -0.2) is 17.5 Å². The van der Waals surface area contributed by atoms with Gasteiger partial charge >= 0.3 is 6.18 Å². The molecule has 1 amide bonds. The predicted octanol–water partition coefficient (Wildman–Crippen LogP) is 1.43. The van der Waals surface area contributed by atoms with E-state index >= 15 is 0 Å². The van der Waals surface area contributed by atoms with Crippen LogP contribution >= 0.6 is 0 Å². The van der Waals surface area contributed by atoms with Gasteiger partial charge in [0.1, 0.15) is 12.4 Å². The third-order valence-electron chi connectivity index (χ3n) is 2.68. The van der Waals surface area contributed by atoms with E-state index in [4.69, 9.17) is 0 Å². The fourth-order valence-electron chi connectivity index (χ4n) is 1.64. The maximum atomic E-state index is 12.9. The highest BCUT2D eigenvalue weighted by molar-refractivity contribution is 7.89. The monoisotopic (exact) mass is 342 g/mol. The molecule has 1 aromatic carbocycles. The lowest BCUT2D eigenvalue weighted by atomic mass is 10.2. The minimum absolute atomic E-state index is 0.114. The first-order valence-corrected chi connectivity index (χ1v) is 7.47. The van der Waals surface area contributed by atoms with Crippen LogP contribution in [0.5, 0.6) is 0 Å². The number of hydrogen-bond acceptors (Lipinski definition) is 3. The summed E-state index contributed by atoms with van der Waals surface area (Å²) in [5.74, 6) is -1.67. The molecule has 0 saturated carbocycles. The Bertz CT molecular complexity index is 659. The summed E-state index contributed by atoms with van der Waals surface area (Å²) in [5.41, 5.74) is 0.114. The standard InChI is InChI=1S/C12H14F4N2O3S/c1-8-5-9(13)3-4-10(8)22(20,21)17-6-11(19)18(2)7-12(14,15)16/h3-5,17H,6-7H2,1-2H3. The van der Waals surface area contributed by atoms with Gasteiger partial charge in [-0.3, -0.25) is 4.79 Å². The first-order valence-electron chi connectivity index (χ1n) is 5.99. The summed E-state index contributed by atoms with van der Waals surface area (Å²) in [7, 11) is -3.22. The van der Waals surface area contributed by atoms with Gasteiger partial charge in [0.15, 0.2) is 0 Å². The molecule has 0 aliphatic carbocycles. The molecule has 22 heavy (non-hydrogen) atoms. The molecule has 0 aliphatic heterocycles. The van der Waals surface area contributed by atoms with E-state index < -0.39 is 41.0 Å². The molecular formula is C12H14F4N2O3S. The van der Waals surface area contributed by atoms with Crippen LogP contribution in [-0.2, 0) is 14.8 Å². The molecule has 10 heteroatoms. The van der Waals surface area contributed by atoms with Gasteiger partial charge in [0.2, 0.25) is 15.9 Å². The number of benzene rings is 1. The summed E-state index contributed by atoms with van der Waals surface area (Å²) in [6.07, 6.45) is -4.57. The molecule has 0 unspecified atom stereocenters. The Morgan fingerprint density at radius 3 is 2.41 bits per heavy atom. The average Bonchev–Trinajstić information content (AvgIpc) is 2.33. The number of amides is 1. The molecule has 0 aliphatic rings. The van der Waals surface area contributed by atoms with Crippen molar-refractivity contribution in [2.45, 2.75) is 18.0 Å². The number of likely N-dealkylation sites (N-methyl/N-ethyl adjacent to an activating group) is 1. The maximum Gasteiger partial charge on any atom is 0.406 e. The molecular weight excluding hydrogens is 328 g/mol. The Kier molecular flexibility index (Phi) is 5.52. The number of nitrogens with zero attached hydrogens (tertiary/aromatic N) is 1. The molecule has 0 spiro atoms. The van der Waals surface area contributed by atoms with Crippen LogP contribution in [0.1, 0.15) is 5.56 Å². The van der Waals surface area contributed by atoms with E-state index in [0.29, 0.717) is 4.90 Å². The van der Waals surface area contributed by atoms with E-state index in [1.54, 1.807) is 0 Å². The van der Waals surface area contributed by atoms with E-state index in [0.717, 1.165) is 25.2 Å². The third kappa shape index (κ3) is 5.26. The molecule has 0 heterocycles. The van der Waals surface area contributed by atoms with E-state index in [1.165, 1.54) is 6.92 Å². The first-order chi connectivity index (χ1) is 9.92. The van der Waals surface area contributed by atoms with Gasteiger partial charge in [-0.15, -0.1) is 0 Å². The molecule has 1 aromatic rings. The average molecular weight is 342 g/mol. The summed E-state index contributed by atoms with van der Waals surface area (Å²) in [4.78, 5) is 11.6. The number of carbonyl (C=O) groups excluding carboxylic acids is 1. The molecule has 0 bridgehead atoms. The zero-order valence-corrected chi connectivity index (χ0v) is 12.6. The van der Waals surface area contributed by atoms with Crippen molar-refractivity contribution in [1.82, 2.24) is 9.62 Å². The number of halogens is 4. The highest BCUT2D eigenvalue weighted by Gasteiger charge is 2.31. The van der Waals surface area contributed by atoms with E-state index in [2.05, 4.69) is 0 Å². The van der Waals surface area contributed by atoms with Crippen molar-refractivity contribution in [2.24, 2.45) is 0 Å². The largest absolute Gasteiger partial charge is 0.406 e. The van der Waals surface area contributed by atoms with Crippen LogP contribution in [-0.4, -0.2) is 45.5 Å². The summed E-state index contributed by atoms with van der Waals surface area (Å²) in [6.45, 7) is -0.954. The minimum atomic E-state index is -4.57. The number of hydrogen-bond donors (Lipinski definition) is 1. The molecule has 5 nitrogen and oxygen atoms in total. The zero-order chi connectivity index (χ0) is 17.1. The van der Waals surface area contributed by atoms with Gasteiger partial charge in [-0.2, -0.15) is 13.2 Å². The minimum Gasteiger partial charge on any atom is -0.336 e. The zero-order valence-electron chi connectivity index (χ0n) is 11.7. The van der Waals surface area contributed by atoms with Crippen LogP contribution in [0.4, 0.5) is 17.6 Å². The van der Waals surface area contributed by atoms with Crippen LogP contribution in [0, 0.1) is 12.7 Å². The maximum absolute atomic E-state index is 12.9. The molecule has 1 rings (SSSR count). The topological polar surface area (TPSA) is 66.5 Å². The summed E-state index contributed by atoms with van der Waals surface area (Å²) in [5, 5.41) is 0. The predicted molar refractivity (Wildman–Crippen MR) is 70.0 cm³/mol. The lowest BCUT2D eigenvalue weighted by molar-refractivity contribution is -0.157. The number of rotatable bonds is 5. The van der Waals surface area contributed by atoms with E-state index in [1.807, 2.05) is 4.72 Å². The number of nitrogens with one attached hydrogen (secondary N) is 1. The highest BCUT2D eigenvalue weighted by Crippen LogP contribution is 2.17. The fraction of sp³-hybridized carbons (Fsp3) is 0.417. The molecule has 0 fully saturated rings. The van der Waals surface area contributed by atoms with Crippen LogP contribution in [0.15, 0.2) is 23.1 Å². The van der Waals surface area contributed by atoms with Crippen LogP contribution in [0.2, 0.25) is 0 Å². The van der Waals surface area contributed by atoms with Gasteiger partial charge in [0, 0.05) is 7.05 Å². The van der Waals surface area contributed by atoms with Gasteiger partial charge in [0.25, 0.3) is 0 Å². The van der Waals surface area contributed by atoms with Crippen molar-refractivity contribution >= 4 is 15.9 Å². The summed E-state index contributed by atoms with van der Waals surface area (Å²) in [6, 6.07) is 2.93. The second kappa shape index (κ2) is 6.61. The van der Waals surface area contributed by atoms with Gasteiger partial charge in [-0.05, 0) is 30.7 Å². The second-order valence-electron chi connectivity index (χ2n) is 4.60. The van der Waals surface area contributed by atoms with Crippen molar-refractivity contribution in [3.8, 4) is 0 Å². The quantitative estimate of drug-likeness (QED) is 0.824. The first kappa shape index (κ1) is 18.4. The Morgan fingerprint density at radius 1 is 1.32 bits per heavy atom. The lowest BCUT2D eigenvalue weighted by Gasteiger charge is -2.19. The van der Waals surface area contributed by atoms with Crippen molar-refractivity contribution in [2.75, 3.05) is 20.1 Å². The lowest BCUT2D eigenvalue weighted by Crippen LogP contribution is -2.42. The van der Waals surface area contributed by atoms with Crippen molar-refractivity contribution in [3.05, 3.63) is 29.6 Å². The van der Waals surface area contributed by atoms with E-state index in [-0.39, 0.29) is 10.5 Å². The molecule has 1 N–H and O–H groups in total.